The van der Waals surface area contributed by atoms with E-state index >= 15 is 0 Å². The number of ether oxygens (including phenoxy) is 1. The van der Waals surface area contributed by atoms with Crippen molar-refractivity contribution >= 4 is 0 Å². The smallest absolute Gasteiger partial charge is 0.460 e. The second-order valence-corrected chi connectivity index (χ2v) is 7.38. The zero-order chi connectivity index (χ0) is 28.8. The highest BCUT2D eigenvalue weighted by Gasteiger charge is 2.91. The summed E-state index contributed by atoms with van der Waals surface area (Å²) in [4.78, 5) is 0. The summed E-state index contributed by atoms with van der Waals surface area (Å²) in [5, 5.41) is 9.98. The Kier molecular flexibility index (Phi) is 8.25. The van der Waals surface area contributed by atoms with E-state index in [9.17, 15) is 75.4 Å². The summed E-state index contributed by atoms with van der Waals surface area (Å²) in [5.41, 5.74) is -7.07. The van der Waals surface area contributed by atoms with Crippen LogP contribution in [-0.4, -0.2) is 53.7 Å². The van der Waals surface area contributed by atoms with Crippen LogP contribution in [0.2, 0.25) is 0 Å². The van der Waals surface area contributed by atoms with Gasteiger partial charge in [-0.3, -0.25) is 0 Å². The molecule has 1 N–H and O–H groups in total. The van der Waals surface area contributed by atoms with Crippen LogP contribution in [0.1, 0.15) is 25.3 Å². The molecule has 1 unspecified atom stereocenters. The average molecular weight is 566 g/mol. The zero-order valence-corrected chi connectivity index (χ0v) is 17.3. The molecule has 0 heterocycles. The van der Waals surface area contributed by atoms with Crippen molar-refractivity contribution in [2.24, 2.45) is 0 Å². The van der Waals surface area contributed by atoms with Crippen molar-refractivity contribution < 1.29 is 80.1 Å². The maximum absolute atomic E-state index is 14.2. The molecule has 0 bridgehead atoms. The second kappa shape index (κ2) is 9.31. The minimum absolute atomic E-state index is 0.0434. The summed E-state index contributed by atoms with van der Waals surface area (Å²) in [6.45, 7) is 0.917. The van der Waals surface area contributed by atoms with Crippen LogP contribution in [0.4, 0.5) is 70.2 Å². The fourth-order valence-corrected chi connectivity index (χ4v) is 2.73. The molecule has 1 atom stereocenters. The Morgan fingerprint density at radius 3 is 1.50 bits per heavy atom. The molecular weight excluding hydrogens is 552 g/mol. The van der Waals surface area contributed by atoms with Crippen molar-refractivity contribution in [3.63, 3.8) is 0 Å². The van der Waals surface area contributed by atoms with Gasteiger partial charge in [-0.2, -0.15) is 70.2 Å². The second-order valence-electron chi connectivity index (χ2n) is 7.38. The van der Waals surface area contributed by atoms with Crippen molar-refractivity contribution in [1.82, 2.24) is 0 Å². The fraction of sp³-hybridized carbons (Fsp3) is 0.667. The van der Waals surface area contributed by atoms with Crippen molar-refractivity contribution in [3.05, 3.63) is 29.8 Å². The van der Waals surface area contributed by atoms with Crippen LogP contribution in [0.3, 0.4) is 0 Å². The quantitative estimate of drug-likeness (QED) is 0.300. The van der Waals surface area contributed by atoms with E-state index in [4.69, 9.17) is 4.74 Å². The van der Waals surface area contributed by atoms with Gasteiger partial charge in [-0.05, 0) is 12.5 Å². The van der Waals surface area contributed by atoms with Gasteiger partial charge in [-0.1, -0.05) is 25.1 Å². The molecular formula is C18H14F16O2. The first kappa shape index (κ1) is 31.9. The van der Waals surface area contributed by atoms with Gasteiger partial charge in [0.25, 0.3) is 0 Å². The van der Waals surface area contributed by atoms with Crippen molar-refractivity contribution in [2.45, 2.75) is 67.3 Å². The van der Waals surface area contributed by atoms with Gasteiger partial charge in [-0.25, -0.2) is 0 Å². The molecule has 1 aromatic rings. The van der Waals surface area contributed by atoms with E-state index in [1.165, 1.54) is 6.92 Å². The van der Waals surface area contributed by atoms with Crippen LogP contribution in [0.25, 0.3) is 0 Å². The molecule has 18 heteroatoms. The molecule has 0 fully saturated rings. The Hall–Kier alpha value is -2.14. The molecule has 0 spiro atoms. The van der Waals surface area contributed by atoms with Crippen molar-refractivity contribution in [1.29, 1.82) is 0 Å². The number of aliphatic hydroxyl groups is 1. The van der Waals surface area contributed by atoms with Gasteiger partial charge in [0.2, 0.25) is 0 Å². The first-order valence-electron chi connectivity index (χ1n) is 9.23. The summed E-state index contributed by atoms with van der Waals surface area (Å²) in [6, 6.07) is 2.25. The van der Waals surface area contributed by atoms with E-state index in [0.717, 1.165) is 6.07 Å². The zero-order valence-electron chi connectivity index (χ0n) is 17.3. The van der Waals surface area contributed by atoms with E-state index in [1.54, 1.807) is 0 Å². The number of benzene rings is 1. The summed E-state index contributed by atoms with van der Waals surface area (Å²) in [5.74, 6) is -40.9. The average Bonchev–Trinajstić information content (AvgIpc) is 2.69. The number of para-hydroxylation sites is 1. The highest BCUT2D eigenvalue weighted by atomic mass is 19.4. The summed E-state index contributed by atoms with van der Waals surface area (Å²) < 4.78 is 218. The topological polar surface area (TPSA) is 29.5 Å². The minimum Gasteiger partial charge on any atom is -0.493 e. The third kappa shape index (κ3) is 4.88. The lowest BCUT2D eigenvalue weighted by Gasteiger charge is -2.42. The Balaban J connectivity index is 3.73. The maximum atomic E-state index is 14.2. The fourth-order valence-electron chi connectivity index (χ4n) is 2.73. The monoisotopic (exact) mass is 566 g/mol. The third-order valence-corrected chi connectivity index (χ3v) is 4.74. The third-order valence-electron chi connectivity index (χ3n) is 4.74. The molecule has 2 nitrogen and oxygen atoms in total. The normalized spacial score (nSPS) is 16.6. The molecule has 0 aliphatic rings. The molecule has 0 aromatic heterocycles. The van der Waals surface area contributed by atoms with Crippen molar-refractivity contribution in [3.8, 4) is 5.75 Å². The summed E-state index contributed by atoms with van der Waals surface area (Å²) >= 11 is 0. The number of halogens is 16. The molecule has 0 amide bonds. The predicted octanol–water partition coefficient (Wildman–Crippen LogP) is 7.35. The van der Waals surface area contributed by atoms with Crippen LogP contribution in [0, 0.1) is 0 Å². The van der Waals surface area contributed by atoms with Gasteiger partial charge in [0.1, 0.15) is 5.75 Å². The SMILES string of the molecule is CCCOc1ccccc1C(O)(CC(F)(F)C(F)(F)C(F)(F)C(F)(F)C(F)(F)C(F)(F)F)C(F)(F)F. The van der Waals surface area contributed by atoms with Gasteiger partial charge in [-0.15, -0.1) is 0 Å². The Morgan fingerprint density at radius 1 is 0.639 bits per heavy atom. The lowest BCUT2D eigenvalue weighted by atomic mass is 9.82. The predicted molar refractivity (Wildman–Crippen MR) is 87.6 cm³/mol. The van der Waals surface area contributed by atoms with Gasteiger partial charge < -0.3 is 9.84 Å². The van der Waals surface area contributed by atoms with Gasteiger partial charge in [0.05, 0.1) is 13.0 Å². The number of rotatable bonds is 10. The molecule has 36 heavy (non-hydrogen) atoms. The maximum Gasteiger partial charge on any atom is 0.460 e. The van der Waals surface area contributed by atoms with Crippen LogP contribution in [0.5, 0.6) is 5.75 Å². The first-order chi connectivity index (χ1) is 15.8. The Labute approximate surface area is 190 Å². The van der Waals surface area contributed by atoms with Gasteiger partial charge in [0.15, 0.2) is 5.60 Å². The van der Waals surface area contributed by atoms with E-state index in [2.05, 4.69) is 0 Å². The van der Waals surface area contributed by atoms with E-state index in [-0.39, 0.29) is 12.5 Å². The largest absolute Gasteiger partial charge is 0.493 e. The standard InChI is InChI=1S/C18H14F16O2/c1-2-7-36-10-6-4-3-5-9(10)11(35,17(29,30)31)8-12(19,20)13(21,22)14(23,24)15(25,26)16(27,28)18(32,33)34/h3-6,35H,2,7-8H2,1H3. The summed E-state index contributed by atoms with van der Waals surface area (Å²) in [6.07, 6.45) is -18.0. The van der Waals surface area contributed by atoms with Crippen molar-refractivity contribution in [2.75, 3.05) is 6.61 Å². The molecule has 1 rings (SSSR count). The molecule has 210 valence electrons. The number of hydrogen-bond donors (Lipinski definition) is 1. The molecule has 0 radical (unpaired) electrons. The number of alkyl halides is 16. The Bertz CT molecular complexity index is 905. The van der Waals surface area contributed by atoms with Crippen LogP contribution < -0.4 is 4.74 Å². The molecule has 0 saturated carbocycles. The highest BCUT2D eigenvalue weighted by Crippen LogP contribution is 2.62. The first-order valence-corrected chi connectivity index (χ1v) is 9.23. The van der Waals surface area contributed by atoms with Gasteiger partial charge >= 0.3 is 42.0 Å². The van der Waals surface area contributed by atoms with Gasteiger partial charge in [0, 0.05) is 5.56 Å². The minimum atomic E-state index is -8.30. The van der Waals surface area contributed by atoms with Crippen LogP contribution in [-0.2, 0) is 5.60 Å². The summed E-state index contributed by atoms with van der Waals surface area (Å²) in [7, 11) is 0. The number of hydrogen-bond acceptors (Lipinski definition) is 2. The highest BCUT2D eigenvalue weighted by molar-refractivity contribution is 5.39. The van der Waals surface area contributed by atoms with E-state index in [1.807, 2.05) is 0 Å². The molecule has 0 saturated heterocycles. The van der Waals surface area contributed by atoms with E-state index in [0.29, 0.717) is 12.1 Å². The van der Waals surface area contributed by atoms with Crippen LogP contribution in [0.15, 0.2) is 24.3 Å². The lowest BCUT2D eigenvalue weighted by molar-refractivity contribution is -0.443. The van der Waals surface area contributed by atoms with Crippen LogP contribution >= 0.6 is 0 Å². The molecule has 1 aromatic carbocycles. The lowest BCUT2D eigenvalue weighted by Crippen LogP contribution is -2.70. The molecule has 0 aliphatic heterocycles. The molecule has 0 aliphatic carbocycles. The van der Waals surface area contributed by atoms with E-state index < -0.39 is 71.9 Å². The Morgan fingerprint density at radius 2 is 1.08 bits per heavy atom.